The number of nitrogens with zero attached hydrogens (tertiary/aromatic N) is 1. The van der Waals surface area contributed by atoms with E-state index in [4.69, 9.17) is 4.99 Å². The van der Waals surface area contributed by atoms with E-state index in [1.807, 2.05) is 6.20 Å². The molecule has 21 heavy (non-hydrogen) atoms. The molecule has 1 aliphatic rings. The van der Waals surface area contributed by atoms with Crippen molar-refractivity contribution in [2.24, 2.45) is 10.4 Å². The zero-order valence-corrected chi connectivity index (χ0v) is 13.2. The topological polar surface area (TPSA) is 28.1 Å². The van der Waals surface area contributed by atoms with E-state index in [1.54, 1.807) is 0 Å². The minimum Gasteiger partial charge on any atom is -0.361 e. The number of aromatic amines is 1. The van der Waals surface area contributed by atoms with Crippen molar-refractivity contribution < 1.29 is 0 Å². The van der Waals surface area contributed by atoms with Crippen LogP contribution in [0.4, 0.5) is 0 Å². The van der Waals surface area contributed by atoms with Gasteiger partial charge in [0.2, 0.25) is 0 Å². The van der Waals surface area contributed by atoms with Gasteiger partial charge in [-0.2, -0.15) is 0 Å². The molecule has 0 amide bonds. The maximum absolute atomic E-state index is 4.72. The Labute approximate surface area is 126 Å². The largest absolute Gasteiger partial charge is 0.361 e. The second kappa shape index (κ2) is 5.03. The SMILES string of the molecule is CC1=N/C(=C\c2[nH]ccc2-c2ccc(C)cc2)C(C)(C)C1. The van der Waals surface area contributed by atoms with Crippen molar-refractivity contribution in [3.8, 4) is 11.1 Å². The lowest BCUT2D eigenvalue weighted by Crippen LogP contribution is -2.09. The summed E-state index contributed by atoms with van der Waals surface area (Å²) in [5, 5.41) is 0. The predicted octanol–water partition coefficient (Wildman–Crippen LogP) is 5.22. The van der Waals surface area contributed by atoms with E-state index in [9.17, 15) is 0 Å². The van der Waals surface area contributed by atoms with Crippen LogP contribution in [0.25, 0.3) is 17.2 Å². The Morgan fingerprint density at radius 2 is 1.81 bits per heavy atom. The summed E-state index contributed by atoms with van der Waals surface area (Å²) in [6, 6.07) is 10.8. The van der Waals surface area contributed by atoms with E-state index >= 15 is 0 Å². The molecule has 1 aromatic carbocycles. The molecule has 3 rings (SSSR count). The smallest absolute Gasteiger partial charge is 0.0483 e. The minimum absolute atomic E-state index is 0.125. The summed E-state index contributed by atoms with van der Waals surface area (Å²) in [7, 11) is 0. The standard InChI is InChI=1S/C19H22N2/c1-13-5-7-15(8-6-13)16-9-10-20-17(16)11-18-19(3,4)12-14(2)21-18/h5-11,20H,12H2,1-4H3/b18-11-. The van der Waals surface area contributed by atoms with Crippen LogP contribution in [0.1, 0.15) is 38.4 Å². The van der Waals surface area contributed by atoms with Crippen LogP contribution < -0.4 is 0 Å². The van der Waals surface area contributed by atoms with E-state index in [0.29, 0.717) is 0 Å². The lowest BCUT2D eigenvalue weighted by molar-refractivity contribution is 0.488. The molecule has 0 radical (unpaired) electrons. The molecule has 0 unspecified atom stereocenters. The number of hydrogen-bond acceptors (Lipinski definition) is 1. The van der Waals surface area contributed by atoms with Crippen molar-refractivity contribution in [3.63, 3.8) is 0 Å². The highest BCUT2D eigenvalue weighted by atomic mass is 14.8. The zero-order valence-electron chi connectivity index (χ0n) is 13.2. The molecule has 0 aliphatic carbocycles. The second-order valence-electron chi connectivity index (χ2n) is 6.61. The summed E-state index contributed by atoms with van der Waals surface area (Å²) in [6.07, 6.45) is 5.24. The molecule has 0 spiro atoms. The van der Waals surface area contributed by atoms with Crippen LogP contribution >= 0.6 is 0 Å². The van der Waals surface area contributed by atoms with Crippen molar-refractivity contribution in [2.45, 2.75) is 34.1 Å². The van der Waals surface area contributed by atoms with Crippen LogP contribution in [0.15, 0.2) is 47.2 Å². The van der Waals surface area contributed by atoms with Crippen LogP contribution in [-0.4, -0.2) is 10.7 Å². The highest BCUT2D eigenvalue weighted by Crippen LogP contribution is 2.39. The number of hydrogen-bond donors (Lipinski definition) is 1. The summed E-state index contributed by atoms with van der Waals surface area (Å²) in [6.45, 7) is 8.74. The molecule has 108 valence electrons. The number of rotatable bonds is 2. The van der Waals surface area contributed by atoms with Crippen LogP contribution in [0.2, 0.25) is 0 Å². The van der Waals surface area contributed by atoms with Gasteiger partial charge in [0.15, 0.2) is 0 Å². The third kappa shape index (κ3) is 2.71. The van der Waals surface area contributed by atoms with Gasteiger partial charge < -0.3 is 4.98 Å². The molecule has 1 N–H and O–H groups in total. The van der Waals surface area contributed by atoms with Gasteiger partial charge in [-0.25, -0.2) is 0 Å². The molecule has 2 aromatic rings. The highest BCUT2D eigenvalue weighted by Gasteiger charge is 2.29. The fraction of sp³-hybridized carbons (Fsp3) is 0.316. The normalized spacial score (nSPS) is 19.0. The third-order valence-corrected chi connectivity index (χ3v) is 4.13. The van der Waals surface area contributed by atoms with Crippen molar-refractivity contribution in [1.82, 2.24) is 4.98 Å². The summed E-state index contributed by atoms with van der Waals surface area (Å²) in [5.74, 6) is 0. The van der Waals surface area contributed by atoms with Gasteiger partial charge in [0.05, 0.1) is 0 Å². The van der Waals surface area contributed by atoms with Crippen molar-refractivity contribution in [1.29, 1.82) is 0 Å². The first kappa shape index (κ1) is 13.9. The van der Waals surface area contributed by atoms with Gasteiger partial charge in [-0.15, -0.1) is 0 Å². The Balaban J connectivity index is 2.02. The van der Waals surface area contributed by atoms with E-state index in [2.05, 4.69) is 69.1 Å². The van der Waals surface area contributed by atoms with Gasteiger partial charge in [0, 0.05) is 34.3 Å². The first-order valence-corrected chi connectivity index (χ1v) is 7.46. The quantitative estimate of drug-likeness (QED) is 0.780. The summed E-state index contributed by atoms with van der Waals surface area (Å²) < 4.78 is 0. The molecular weight excluding hydrogens is 256 g/mol. The van der Waals surface area contributed by atoms with Crippen LogP contribution in [0.3, 0.4) is 0 Å². The van der Waals surface area contributed by atoms with Crippen molar-refractivity contribution >= 4 is 11.8 Å². The van der Waals surface area contributed by atoms with E-state index in [1.165, 1.54) is 22.4 Å². The molecule has 1 aliphatic heterocycles. The Morgan fingerprint density at radius 3 is 2.43 bits per heavy atom. The van der Waals surface area contributed by atoms with E-state index < -0.39 is 0 Å². The maximum atomic E-state index is 4.72. The Bertz CT molecular complexity index is 712. The van der Waals surface area contributed by atoms with E-state index in [0.717, 1.165) is 17.8 Å². The zero-order chi connectivity index (χ0) is 15.0. The maximum Gasteiger partial charge on any atom is 0.0483 e. The Kier molecular flexibility index (Phi) is 3.32. The summed E-state index contributed by atoms with van der Waals surface area (Å²) >= 11 is 0. The number of aromatic nitrogens is 1. The van der Waals surface area contributed by atoms with Gasteiger partial charge in [0.25, 0.3) is 0 Å². The molecule has 0 fully saturated rings. The number of aliphatic imine (C=N–C) groups is 1. The molecule has 0 saturated heterocycles. The molecule has 2 nitrogen and oxygen atoms in total. The average molecular weight is 278 g/mol. The number of allylic oxidation sites excluding steroid dienone is 1. The predicted molar refractivity (Wildman–Crippen MR) is 90.4 cm³/mol. The molecule has 2 heteroatoms. The van der Waals surface area contributed by atoms with Gasteiger partial charge in [0.1, 0.15) is 0 Å². The molecule has 0 saturated carbocycles. The van der Waals surface area contributed by atoms with E-state index in [-0.39, 0.29) is 5.41 Å². The number of aryl methyl sites for hydroxylation is 1. The fourth-order valence-electron chi connectivity index (χ4n) is 2.98. The molecular formula is C19H22N2. The molecule has 0 bridgehead atoms. The lowest BCUT2D eigenvalue weighted by atomic mass is 9.86. The van der Waals surface area contributed by atoms with Gasteiger partial charge in [-0.05, 0) is 38.0 Å². The summed E-state index contributed by atoms with van der Waals surface area (Å²) in [4.78, 5) is 8.08. The Hall–Kier alpha value is -2.09. The first-order valence-electron chi connectivity index (χ1n) is 7.46. The van der Waals surface area contributed by atoms with Gasteiger partial charge >= 0.3 is 0 Å². The molecule has 0 atom stereocenters. The number of nitrogens with one attached hydrogen (secondary N) is 1. The molecule has 1 aromatic heterocycles. The van der Waals surface area contributed by atoms with Gasteiger partial charge in [-0.3, -0.25) is 4.99 Å². The number of benzene rings is 1. The lowest BCUT2D eigenvalue weighted by Gasteiger charge is -2.18. The third-order valence-electron chi connectivity index (χ3n) is 4.13. The first-order chi connectivity index (χ1) is 9.95. The van der Waals surface area contributed by atoms with Crippen LogP contribution in [0, 0.1) is 12.3 Å². The number of H-pyrrole nitrogens is 1. The average Bonchev–Trinajstić information content (AvgIpc) is 2.95. The molecule has 2 heterocycles. The monoisotopic (exact) mass is 278 g/mol. The summed E-state index contributed by atoms with van der Waals surface area (Å²) in [5.41, 5.74) is 7.40. The van der Waals surface area contributed by atoms with Gasteiger partial charge in [-0.1, -0.05) is 43.7 Å². The minimum atomic E-state index is 0.125. The fourth-order valence-corrected chi connectivity index (χ4v) is 2.98. The van der Waals surface area contributed by atoms with Crippen molar-refractivity contribution in [3.05, 3.63) is 53.5 Å². The Morgan fingerprint density at radius 1 is 1.10 bits per heavy atom. The highest BCUT2D eigenvalue weighted by molar-refractivity contribution is 5.88. The van der Waals surface area contributed by atoms with Crippen LogP contribution in [0.5, 0.6) is 0 Å². The van der Waals surface area contributed by atoms with Crippen LogP contribution in [-0.2, 0) is 0 Å². The van der Waals surface area contributed by atoms with Crippen molar-refractivity contribution in [2.75, 3.05) is 0 Å². The second-order valence-corrected chi connectivity index (χ2v) is 6.61.